The zero-order valence-electron chi connectivity index (χ0n) is 21.1. The molecule has 1 N–H and O–H groups in total. The van der Waals surface area contributed by atoms with Crippen LogP contribution in [0.15, 0.2) is 75.5 Å². The van der Waals surface area contributed by atoms with Gasteiger partial charge in [0.15, 0.2) is 0 Å². The monoisotopic (exact) mass is 536 g/mol. The van der Waals surface area contributed by atoms with Gasteiger partial charge in [-0.15, -0.1) is 0 Å². The summed E-state index contributed by atoms with van der Waals surface area (Å²) in [4.78, 5) is 23.3. The summed E-state index contributed by atoms with van der Waals surface area (Å²) in [6, 6.07) is 9.88. The van der Waals surface area contributed by atoms with Crippen LogP contribution >= 0.6 is 0 Å². The third kappa shape index (κ3) is 4.22. The number of ether oxygens (including phenoxy) is 1. The largest absolute Gasteiger partial charge is 0.509 e. The van der Waals surface area contributed by atoms with Crippen LogP contribution in [0.25, 0.3) is 11.1 Å². The maximum atomic E-state index is 13.8. The van der Waals surface area contributed by atoms with Crippen molar-refractivity contribution in [3.05, 3.63) is 83.1 Å². The third-order valence-corrected chi connectivity index (χ3v) is 7.86. The molecule has 2 aromatic carbocycles. The van der Waals surface area contributed by atoms with Gasteiger partial charge in [-0.3, -0.25) is 4.79 Å². The molecule has 196 valence electrons. The number of benzene rings is 2. The van der Waals surface area contributed by atoms with Crippen molar-refractivity contribution in [2.45, 2.75) is 38.3 Å². The van der Waals surface area contributed by atoms with Crippen LogP contribution < -0.4 is 4.74 Å². The summed E-state index contributed by atoms with van der Waals surface area (Å²) in [6.07, 6.45) is 2.87. The van der Waals surface area contributed by atoms with Crippen LogP contribution in [-0.2, 0) is 21.4 Å². The van der Waals surface area contributed by atoms with Gasteiger partial charge in [0, 0.05) is 35.6 Å². The highest BCUT2D eigenvalue weighted by atomic mass is 32.2. The lowest BCUT2D eigenvalue weighted by atomic mass is 9.84. The van der Waals surface area contributed by atoms with Crippen LogP contribution in [0.1, 0.15) is 31.9 Å². The number of rotatable bonds is 5. The highest BCUT2D eigenvalue weighted by Crippen LogP contribution is 2.43. The van der Waals surface area contributed by atoms with E-state index in [4.69, 9.17) is 4.74 Å². The van der Waals surface area contributed by atoms with Gasteiger partial charge in [0.25, 0.3) is 15.9 Å². The number of nitrogens with zero attached hydrogens (tertiary/aromatic N) is 4. The van der Waals surface area contributed by atoms with Gasteiger partial charge in [-0.2, -0.15) is 12.8 Å². The predicted octanol–water partition coefficient (Wildman–Crippen LogP) is 4.05. The summed E-state index contributed by atoms with van der Waals surface area (Å²) in [5, 5.41) is 11.4. The van der Waals surface area contributed by atoms with E-state index in [1.807, 2.05) is 20.8 Å². The Balaban J connectivity index is 1.62. The molecule has 0 fully saturated rings. The second-order valence-corrected chi connectivity index (χ2v) is 11.7. The first-order valence-electron chi connectivity index (χ1n) is 11.8. The second-order valence-electron chi connectivity index (χ2n) is 10.1. The molecule has 9 nitrogen and oxygen atoms in total. The van der Waals surface area contributed by atoms with Crippen LogP contribution in [0, 0.1) is 11.2 Å². The number of carbonyl (C=O) groups excluding carboxylic acids is 1. The highest BCUT2D eigenvalue weighted by molar-refractivity contribution is 7.91. The van der Waals surface area contributed by atoms with Crippen molar-refractivity contribution >= 4 is 21.6 Å². The number of aliphatic hydroxyl groups excluding tert-OH is 1. The summed E-state index contributed by atoms with van der Waals surface area (Å²) >= 11 is 0. The fraction of sp³-hybridized carbons (Fsp3) is 0.259. The number of hydrogen-bond donors (Lipinski definition) is 1. The molecule has 0 spiro atoms. The van der Waals surface area contributed by atoms with Gasteiger partial charge < -0.3 is 14.7 Å². The molecular formula is C27H25FN4O5S. The number of sulfonamides is 1. The third-order valence-electron chi connectivity index (χ3n) is 6.49. The normalized spacial score (nSPS) is 18.6. The lowest BCUT2D eigenvalue weighted by molar-refractivity contribution is -0.129. The molecule has 1 unspecified atom stereocenters. The van der Waals surface area contributed by atoms with E-state index in [-0.39, 0.29) is 40.1 Å². The first-order valence-corrected chi connectivity index (χ1v) is 13.2. The van der Waals surface area contributed by atoms with E-state index in [0.717, 1.165) is 0 Å². The predicted molar refractivity (Wildman–Crippen MR) is 138 cm³/mol. The Bertz CT molecular complexity index is 1610. The quantitative estimate of drug-likeness (QED) is 0.522. The maximum absolute atomic E-state index is 13.8. The number of aromatic nitrogens is 2. The molecule has 1 amide bonds. The van der Waals surface area contributed by atoms with Gasteiger partial charge in [0.05, 0.1) is 13.2 Å². The molecule has 1 atom stereocenters. The fourth-order valence-corrected chi connectivity index (χ4v) is 6.32. The molecule has 0 saturated heterocycles. The SMILES string of the molecule is COc1ncc(-c2cccc3c2S(=O)(=O)N=C3C2=C(O)C(C(C)(C)C)N(Cc3ccc(F)cc3)C2=O)cn1. The Morgan fingerprint density at radius 1 is 1.05 bits per heavy atom. The van der Waals surface area contributed by atoms with Crippen LogP contribution in [-0.4, -0.2) is 53.2 Å². The number of methoxy groups -OCH3 is 1. The minimum Gasteiger partial charge on any atom is -0.509 e. The molecule has 2 aliphatic heterocycles. The van der Waals surface area contributed by atoms with E-state index in [9.17, 15) is 22.7 Å². The molecule has 0 bridgehead atoms. The molecule has 1 aromatic heterocycles. The average molecular weight is 537 g/mol. The summed E-state index contributed by atoms with van der Waals surface area (Å²) in [5.41, 5.74) is 0.696. The number of amides is 1. The zero-order valence-corrected chi connectivity index (χ0v) is 22.0. The Labute approximate surface area is 219 Å². The first-order chi connectivity index (χ1) is 17.9. The van der Waals surface area contributed by atoms with Gasteiger partial charge in [-0.05, 0) is 23.1 Å². The van der Waals surface area contributed by atoms with Crippen molar-refractivity contribution in [1.82, 2.24) is 14.9 Å². The van der Waals surface area contributed by atoms with E-state index in [1.54, 1.807) is 30.3 Å². The van der Waals surface area contributed by atoms with Crippen molar-refractivity contribution in [1.29, 1.82) is 0 Å². The molecule has 0 radical (unpaired) electrons. The lowest BCUT2D eigenvalue weighted by Gasteiger charge is -2.35. The number of hydrogen-bond acceptors (Lipinski definition) is 7. The van der Waals surface area contributed by atoms with Crippen LogP contribution in [0.3, 0.4) is 0 Å². The minimum atomic E-state index is -4.22. The topological polar surface area (TPSA) is 122 Å². The van der Waals surface area contributed by atoms with Crippen molar-refractivity contribution < 1.29 is 27.4 Å². The summed E-state index contributed by atoms with van der Waals surface area (Å²) in [6.45, 7) is 5.69. The van der Waals surface area contributed by atoms with E-state index >= 15 is 0 Å². The molecule has 3 aromatic rings. The Kier molecular flexibility index (Phi) is 6.06. The Morgan fingerprint density at radius 2 is 1.68 bits per heavy atom. The van der Waals surface area contributed by atoms with Crippen LogP contribution in [0.5, 0.6) is 6.01 Å². The smallest absolute Gasteiger partial charge is 0.316 e. The van der Waals surface area contributed by atoms with E-state index < -0.39 is 33.2 Å². The van der Waals surface area contributed by atoms with E-state index in [0.29, 0.717) is 16.7 Å². The minimum absolute atomic E-state index is 0.0880. The number of aliphatic hydroxyl groups is 1. The molecule has 11 heteroatoms. The second kappa shape index (κ2) is 9.02. The van der Waals surface area contributed by atoms with Crippen LogP contribution in [0.2, 0.25) is 0 Å². The average Bonchev–Trinajstić information content (AvgIpc) is 3.28. The lowest BCUT2D eigenvalue weighted by Crippen LogP contribution is -2.43. The maximum Gasteiger partial charge on any atom is 0.316 e. The number of carbonyl (C=O) groups is 1. The van der Waals surface area contributed by atoms with E-state index in [2.05, 4.69) is 14.4 Å². The van der Waals surface area contributed by atoms with Gasteiger partial charge in [0.1, 0.15) is 27.8 Å². The van der Waals surface area contributed by atoms with Gasteiger partial charge in [-0.1, -0.05) is 51.1 Å². The van der Waals surface area contributed by atoms with Crippen molar-refractivity contribution in [3.8, 4) is 17.1 Å². The molecule has 0 saturated carbocycles. The van der Waals surface area contributed by atoms with Gasteiger partial charge >= 0.3 is 6.01 Å². The molecule has 3 heterocycles. The van der Waals surface area contributed by atoms with Gasteiger partial charge in [-0.25, -0.2) is 14.4 Å². The summed E-state index contributed by atoms with van der Waals surface area (Å²) in [7, 11) is -2.80. The Morgan fingerprint density at radius 3 is 2.29 bits per heavy atom. The first kappa shape index (κ1) is 25.5. The van der Waals surface area contributed by atoms with Crippen molar-refractivity contribution in [2.75, 3.05) is 7.11 Å². The molecule has 2 aliphatic rings. The molecule has 38 heavy (non-hydrogen) atoms. The van der Waals surface area contributed by atoms with E-state index in [1.165, 1.54) is 36.5 Å². The van der Waals surface area contributed by atoms with Gasteiger partial charge in [0.2, 0.25) is 0 Å². The van der Waals surface area contributed by atoms with Crippen LogP contribution in [0.4, 0.5) is 4.39 Å². The number of fused-ring (bicyclic) bond motifs is 1. The molecular weight excluding hydrogens is 511 g/mol. The Hall–Kier alpha value is -4.12. The molecule has 5 rings (SSSR count). The molecule has 0 aliphatic carbocycles. The van der Waals surface area contributed by atoms with Crippen molar-refractivity contribution in [2.24, 2.45) is 9.81 Å². The fourth-order valence-electron chi connectivity index (χ4n) is 4.89. The van der Waals surface area contributed by atoms with Crippen molar-refractivity contribution in [3.63, 3.8) is 0 Å². The summed E-state index contributed by atoms with van der Waals surface area (Å²) < 4.78 is 49.0. The summed E-state index contributed by atoms with van der Waals surface area (Å²) in [5.74, 6) is -1.23. The number of halogens is 1. The standard InChI is InChI=1S/C27H25FN4O5S/c1-27(2,3)24-22(33)20(25(34)32(24)14-15-8-10-17(28)11-9-15)21-19-7-5-6-18(23(19)38(35,36)31-21)16-12-29-26(37-4)30-13-16/h5-13,24,33H,14H2,1-4H3. The highest BCUT2D eigenvalue weighted by Gasteiger charge is 2.49. The zero-order chi connectivity index (χ0) is 27.4.